The minimum absolute atomic E-state index is 0.00650. The first-order chi connectivity index (χ1) is 14.7. The number of fused-ring (bicyclic) bond motifs is 3. The van der Waals surface area contributed by atoms with E-state index in [0.717, 1.165) is 0 Å². The van der Waals surface area contributed by atoms with E-state index in [1.54, 1.807) is 44.2 Å². The zero-order valence-electron chi connectivity index (χ0n) is 16.9. The van der Waals surface area contributed by atoms with Crippen LogP contribution in [-0.4, -0.2) is 37.0 Å². The molecule has 2 aliphatic heterocycles. The highest BCUT2D eigenvalue weighted by Crippen LogP contribution is 2.55. The van der Waals surface area contributed by atoms with E-state index in [0.29, 0.717) is 9.87 Å². The fourth-order valence-corrected chi connectivity index (χ4v) is 6.74. The number of Topliss-reactive ketones (excluding diaryl/α,β-unsaturated/α-hetero) is 1. The van der Waals surface area contributed by atoms with Crippen molar-refractivity contribution < 1.29 is 27.5 Å². The molecule has 0 unspecified atom stereocenters. The van der Waals surface area contributed by atoms with Gasteiger partial charge in [0.1, 0.15) is 0 Å². The summed E-state index contributed by atoms with van der Waals surface area (Å²) in [5, 5.41) is 0.177. The van der Waals surface area contributed by atoms with E-state index in [-0.39, 0.29) is 28.5 Å². The Morgan fingerprint density at radius 2 is 1.87 bits per heavy atom. The Morgan fingerprint density at radius 3 is 2.52 bits per heavy atom. The molecule has 1 amide bonds. The Kier molecular flexibility index (Phi) is 5.18. The lowest BCUT2D eigenvalue weighted by Crippen LogP contribution is -2.64. The second-order valence-corrected chi connectivity index (χ2v) is 9.85. The third-order valence-corrected chi connectivity index (χ3v) is 7.96. The van der Waals surface area contributed by atoms with E-state index < -0.39 is 45.1 Å². The van der Waals surface area contributed by atoms with Crippen LogP contribution in [0.15, 0.2) is 53.4 Å². The zero-order chi connectivity index (χ0) is 22.6. The van der Waals surface area contributed by atoms with Gasteiger partial charge in [-0.3, -0.25) is 9.59 Å². The number of hydrogen-bond donors (Lipinski definition) is 0. The lowest BCUT2D eigenvalue weighted by atomic mass is 9.68. The van der Waals surface area contributed by atoms with Crippen LogP contribution in [0.4, 0.5) is 0 Å². The number of hydrogen-bond acceptors (Lipinski definition) is 6. The maximum atomic E-state index is 13.6. The van der Waals surface area contributed by atoms with Crippen molar-refractivity contribution in [1.29, 1.82) is 0 Å². The summed E-state index contributed by atoms with van der Waals surface area (Å²) in [6, 6.07) is 12.2. The first-order valence-electron chi connectivity index (χ1n) is 9.83. The second kappa shape index (κ2) is 7.46. The molecule has 0 N–H and O–H groups in total. The van der Waals surface area contributed by atoms with Gasteiger partial charge in [0.05, 0.1) is 17.4 Å². The van der Waals surface area contributed by atoms with Crippen molar-refractivity contribution in [2.45, 2.75) is 30.7 Å². The number of amides is 1. The number of sulfonamides is 1. The summed E-state index contributed by atoms with van der Waals surface area (Å²) >= 11 is 6.17. The van der Waals surface area contributed by atoms with Crippen LogP contribution < -0.4 is 0 Å². The van der Waals surface area contributed by atoms with Crippen LogP contribution in [0.3, 0.4) is 0 Å². The second-order valence-electron chi connectivity index (χ2n) is 7.65. The summed E-state index contributed by atoms with van der Waals surface area (Å²) in [7, 11) is -4.40. The van der Waals surface area contributed by atoms with Crippen molar-refractivity contribution in [2.24, 2.45) is 11.8 Å². The summed E-state index contributed by atoms with van der Waals surface area (Å²) in [5.41, 5.74) is -1.84. The van der Waals surface area contributed by atoms with E-state index in [9.17, 15) is 22.8 Å². The number of halogens is 1. The van der Waals surface area contributed by atoms with Crippen molar-refractivity contribution in [2.75, 3.05) is 6.61 Å². The Labute approximate surface area is 185 Å². The molecule has 0 aliphatic carbocycles. The van der Waals surface area contributed by atoms with Gasteiger partial charge in [-0.15, -0.1) is 0 Å². The number of ether oxygens (including phenoxy) is 1. The average molecular weight is 462 g/mol. The van der Waals surface area contributed by atoms with Gasteiger partial charge in [-0.1, -0.05) is 48.9 Å². The van der Waals surface area contributed by atoms with E-state index in [1.165, 1.54) is 18.2 Å². The smallest absolute Gasteiger partial charge is 0.338 e. The average Bonchev–Trinajstić information content (AvgIpc) is 2.95. The molecule has 9 heteroatoms. The predicted molar refractivity (Wildman–Crippen MR) is 112 cm³/mol. The van der Waals surface area contributed by atoms with E-state index >= 15 is 0 Å². The van der Waals surface area contributed by atoms with Gasteiger partial charge in [0, 0.05) is 22.1 Å². The van der Waals surface area contributed by atoms with Crippen molar-refractivity contribution >= 4 is 39.3 Å². The largest absolute Gasteiger partial charge is 0.464 e. The Bertz CT molecular complexity index is 1200. The summed E-state index contributed by atoms with van der Waals surface area (Å²) < 4.78 is 32.7. The number of esters is 1. The number of carbonyl (C=O) groups is 3. The molecule has 1 saturated heterocycles. The summed E-state index contributed by atoms with van der Waals surface area (Å²) in [6.45, 7) is 3.07. The molecule has 162 valence electrons. The molecular formula is C22H20ClNO6S. The number of nitrogens with zero attached hydrogens (tertiary/aromatic N) is 1. The van der Waals surface area contributed by atoms with Crippen molar-refractivity contribution in [3.8, 4) is 0 Å². The Morgan fingerprint density at radius 1 is 1.19 bits per heavy atom. The monoisotopic (exact) mass is 461 g/mol. The molecule has 0 bridgehead atoms. The molecule has 4 rings (SSSR count). The molecule has 31 heavy (non-hydrogen) atoms. The van der Waals surface area contributed by atoms with Gasteiger partial charge in [-0.25, -0.2) is 17.5 Å². The van der Waals surface area contributed by atoms with Crippen LogP contribution in [0.25, 0.3) is 0 Å². The molecule has 1 fully saturated rings. The van der Waals surface area contributed by atoms with Gasteiger partial charge in [0.15, 0.2) is 11.3 Å². The molecule has 0 aromatic heterocycles. The highest BCUT2D eigenvalue weighted by molar-refractivity contribution is 7.90. The van der Waals surface area contributed by atoms with Crippen LogP contribution in [-0.2, 0) is 29.9 Å². The van der Waals surface area contributed by atoms with Crippen molar-refractivity contribution in [1.82, 2.24) is 4.31 Å². The highest BCUT2D eigenvalue weighted by Gasteiger charge is 2.70. The molecule has 2 aromatic carbocycles. The lowest BCUT2D eigenvalue weighted by molar-refractivity contribution is -0.167. The maximum Gasteiger partial charge on any atom is 0.338 e. The standard InChI is InChI=1S/C22H20ClNO6S/c1-3-30-21(27)22-16-12-15(23)9-10-18(16)31(28,29)24(22)20(26)13(2)11-17(22)19(25)14-7-5-4-6-8-14/h4-10,12-13,17H,3,11H2,1-2H3/t13-,17-,22-/m1/s1. The fourth-order valence-electron chi connectivity index (χ4n) is 4.55. The highest BCUT2D eigenvalue weighted by atomic mass is 35.5. The minimum atomic E-state index is -4.40. The predicted octanol–water partition coefficient (Wildman–Crippen LogP) is 3.17. The third-order valence-electron chi connectivity index (χ3n) is 5.87. The first-order valence-corrected chi connectivity index (χ1v) is 11.6. The van der Waals surface area contributed by atoms with E-state index in [2.05, 4.69) is 0 Å². The fraction of sp³-hybridized carbons (Fsp3) is 0.318. The molecule has 3 atom stereocenters. The van der Waals surface area contributed by atoms with Crippen LogP contribution in [0.5, 0.6) is 0 Å². The van der Waals surface area contributed by atoms with Crippen LogP contribution >= 0.6 is 11.6 Å². The Balaban J connectivity index is 2.08. The summed E-state index contributed by atoms with van der Waals surface area (Å²) in [4.78, 5) is 40.1. The summed E-state index contributed by atoms with van der Waals surface area (Å²) in [6.07, 6.45) is -0.0106. The van der Waals surface area contributed by atoms with Crippen LogP contribution in [0.2, 0.25) is 5.02 Å². The number of rotatable bonds is 4. The van der Waals surface area contributed by atoms with Crippen LogP contribution in [0.1, 0.15) is 36.2 Å². The van der Waals surface area contributed by atoms with Gasteiger partial charge in [-0.05, 0) is 31.5 Å². The minimum Gasteiger partial charge on any atom is -0.464 e. The third kappa shape index (κ3) is 2.92. The van der Waals surface area contributed by atoms with Gasteiger partial charge in [-0.2, -0.15) is 0 Å². The van der Waals surface area contributed by atoms with Gasteiger partial charge < -0.3 is 4.74 Å². The molecule has 0 saturated carbocycles. The lowest BCUT2D eigenvalue weighted by Gasteiger charge is -2.45. The van der Waals surface area contributed by atoms with Crippen molar-refractivity contribution in [3.05, 3.63) is 64.7 Å². The zero-order valence-corrected chi connectivity index (χ0v) is 18.4. The first kappa shape index (κ1) is 21.5. The van der Waals surface area contributed by atoms with E-state index in [1.807, 2.05) is 0 Å². The molecule has 2 aromatic rings. The number of ketones is 1. The van der Waals surface area contributed by atoms with E-state index in [4.69, 9.17) is 16.3 Å². The molecule has 2 heterocycles. The molecule has 0 radical (unpaired) electrons. The van der Waals surface area contributed by atoms with Crippen LogP contribution in [0, 0.1) is 11.8 Å². The van der Waals surface area contributed by atoms with Gasteiger partial charge in [0.25, 0.3) is 10.0 Å². The quantitative estimate of drug-likeness (QED) is 0.512. The number of carbonyl (C=O) groups excluding carboxylic acids is 3. The van der Waals surface area contributed by atoms with Crippen molar-refractivity contribution in [3.63, 3.8) is 0 Å². The number of benzene rings is 2. The van der Waals surface area contributed by atoms with Gasteiger partial charge >= 0.3 is 5.97 Å². The number of piperidine rings is 1. The Hall–Kier alpha value is -2.71. The molecule has 2 aliphatic rings. The SMILES string of the molecule is CCOC(=O)[C@]12c3cc(Cl)ccc3S(=O)(=O)N1C(=O)[C@H](C)C[C@@H]2C(=O)c1ccccc1. The topological polar surface area (TPSA) is 97.8 Å². The maximum absolute atomic E-state index is 13.6. The van der Waals surface area contributed by atoms with Gasteiger partial charge in [0.2, 0.25) is 5.91 Å². The molecular weight excluding hydrogens is 442 g/mol. The molecule has 7 nitrogen and oxygen atoms in total. The summed E-state index contributed by atoms with van der Waals surface area (Å²) in [5.74, 6) is -4.12. The molecule has 0 spiro atoms. The normalized spacial score (nSPS) is 26.2.